The standard InChI is InChI=1S/C19H28FN3O/c20-17-8-6-16(7-9-17)13-21-19(24)15-23-12-4-5-18(23)14-22-10-2-1-3-11-22/h6-9,18H,1-5,10-15H2,(H,21,24). The molecule has 4 nitrogen and oxygen atoms in total. The molecule has 0 spiro atoms. The zero-order chi connectivity index (χ0) is 16.8. The molecule has 2 heterocycles. The van der Waals surface area contributed by atoms with Crippen molar-refractivity contribution in [3.63, 3.8) is 0 Å². The summed E-state index contributed by atoms with van der Waals surface area (Å²) in [4.78, 5) is 17.1. The number of rotatable bonds is 6. The van der Waals surface area contributed by atoms with Crippen LogP contribution < -0.4 is 5.32 Å². The van der Waals surface area contributed by atoms with Gasteiger partial charge in [-0.25, -0.2) is 4.39 Å². The van der Waals surface area contributed by atoms with E-state index in [1.165, 1.54) is 57.3 Å². The third kappa shape index (κ3) is 5.02. The van der Waals surface area contributed by atoms with Crippen LogP contribution in [0.2, 0.25) is 0 Å². The van der Waals surface area contributed by atoms with Gasteiger partial charge in [-0.3, -0.25) is 9.69 Å². The number of piperidine rings is 1. The highest BCUT2D eigenvalue weighted by Crippen LogP contribution is 2.19. The Kier molecular flexibility index (Phi) is 6.21. The second-order valence-corrected chi connectivity index (χ2v) is 7.03. The quantitative estimate of drug-likeness (QED) is 0.868. The first kappa shape index (κ1) is 17.4. The minimum atomic E-state index is -0.248. The van der Waals surface area contributed by atoms with Crippen LogP contribution in [0.4, 0.5) is 4.39 Å². The number of carbonyl (C=O) groups excluding carboxylic acids is 1. The van der Waals surface area contributed by atoms with Gasteiger partial charge < -0.3 is 10.2 Å². The number of likely N-dealkylation sites (tertiary alicyclic amines) is 2. The molecule has 1 amide bonds. The van der Waals surface area contributed by atoms with Gasteiger partial charge in [-0.1, -0.05) is 18.6 Å². The van der Waals surface area contributed by atoms with Gasteiger partial charge in [0.2, 0.25) is 5.91 Å². The van der Waals surface area contributed by atoms with E-state index in [4.69, 9.17) is 0 Å². The summed E-state index contributed by atoms with van der Waals surface area (Å²) in [6.45, 7) is 5.47. The second kappa shape index (κ2) is 8.58. The van der Waals surface area contributed by atoms with Crippen LogP contribution >= 0.6 is 0 Å². The van der Waals surface area contributed by atoms with Crippen molar-refractivity contribution in [3.05, 3.63) is 35.6 Å². The molecule has 132 valence electrons. The van der Waals surface area contributed by atoms with Gasteiger partial charge in [-0.2, -0.15) is 0 Å². The molecule has 1 N–H and O–H groups in total. The summed E-state index contributed by atoms with van der Waals surface area (Å²) >= 11 is 0. The van der Waals surface area contributed by atoms with Gasteiger partial charge in [0.05, 0.1) is 6.54 Å². The maximum absolute atomic E-state index is 12.9. The molecule has 2 aliphatic rings. The van der Waals surface area contributed by atoms with E-state index in [-0.39, 0.29) is 11.7 Å². The summed E-state index contributed by atoms with van der Waals surface area (Å²) in [5, 5.41) is 2.95. The largest absolute Gasteiger partial charge is 0.351 e. The fraction of sp³-hybridized carbons (Fsp3) is 0.632. The monoisotopic (exact) mass is 333 g/mol. The Morgan fingerprint density at radius 1 is 1.08 bits per heavy atom. The Bertz CT molecular complexity index is 528. The minimum absolute atomic E-state index is 0.0601. The lowest BCUT2D eigenvalue weighted by Crippen LogP contribution is -2.45. The summed E-state index contributed by atoms with van der Waals surface area (Å²) in [5.41, 5.74) is 0.927. The average Bonchev–Trinajstić information content (AvgIpc) is 3.02. The van der Waals surface area contributed by atoms with Crippen molar-refractivity contribution in [1.29, 1.82) is 0 Å². The SMILES string of the molecule is O=C(CN1CCCC1CN1CCCCC1)NCc1ccc(F)cc1. The van der Waals surface area contributed by atoms with Crippen LogP contribution in [0, 0.1) is 5.82 Å². The van der Waals surface area contributed by atoms with Gasteiger partial charge in [0.1, 0.15) is 5.82 Å². The number of benzene rings is 1. The van der Waals surface area contributed by atoms with E-state index in [9.17, 15) is 9.18 Å². The van der Waals surface area contributed by atoms with Crippen molar-refractivity contribution >= 4 is 5.91 Å². The molecular weight excluding hydrogens is 305 g/mol. The van der Waals surface area contributed by atoms with Crippen LogP contribution in [-0.2, 0) is 11.3 Å². The predicted octanol–water partition coefficient (Wildman–Crippen LogP) is 2.39. The van der Waals surface area contributed by atoms with Crippen molar-refractivity contribution in [1.82, 2.24) is 15.1 Å². The molecule has 1 unspecified atom stereocenters. The van der Waals surface area contributed by atoms with Crippen LogP contribution in [0.3, 0.4) is 0 Å². The zero-order valence-corrected chi connectivity index (χ0v) is 14.3. The van der Waals surface area contributed by atoms with E-state index in [0.29, 0.717) is 19.1 Å². The van der Waals surface area contributed by atoms with Crippen LogP contribution in [0.1, 0.15) is 37.7 Å². The molecule has 5 heteroatoms. The summed E-state index contributed by atoms with van der Waals surface area (Å²) in [6, 6.07) is 6.79. The first-order valence-corrected chi connectivity index (χ1v) is 9.18. The maximum atomic E-state index is 12.9. The van der Waals surface area contributed by atoms with Gasteiger partial charge in [-0.05, 0) is 63.0 Å². The van der Waals surface area contributed by atoms with E-state index in [2.05, 4.69) is 15.1 Å². The van der Waals surface area contributed by atoms with Crippen molar-refractivity contribution in [3.8, 4) is 0 Å². The number of carbonyl (C=O) groups is 1. The molecule has 0 aliphatic carbocycles. The highest BCUT2D eigenvalue weighted by Gasteiger charge is 2.28. The zero-order valence-electron chi connectivity index (χ0n) is 14.3. The van der Waals surface area contributed by atoms with Crippen molar-refractivity contribution in [2.75, 3.05) is 32.7 Å². The number of hydrogen-bond donors (Lipinski definition) is 1. The number of nitrogens with one attached hydrogen (secondary N) is 1. The number of amides is 1. The van der Waals surface area contributed by atoms with Gasteiger partial charge in [0, 0.05) is 19.1 Å². The highest BCUT2D eigenvalue weighted by molar-refractivity contribution is 5.78. The molecule has 0 radical (unpaired) electrons. The lowest BCUT2D eigenvalue weighted by molar-refractivity contribution is -0.122. The van der Waals surface area contributed by atoms with E-state index in [1.807, 2.05) is 0 Å². The Morgan fingerprint density at radius 2 is 1.83 bits per heavy atom. The summed E-state index contributed by atoms with van der Waals surface area (Å²) < 4.78 is 12.9. The van der Waals surface area contributed by atoms with Crippen LogP contribution in [0.15, 0.2) is 24.3 Å². The Hall–Kier alpha value is -1.46. The van der Waals surface area contributed by atoms with Gasteiger partial charge in [0.25, 0.3) is 0 Å². The Labute approximate surface area is 144 Å². The maximum Gasteiger partial charge on any atom is 0.234 e. The molecule has 24 heavy (non-hydrogen) atoms. The third-order valence-electron chi connectivity index (χ3n) is 5.17. The number of nitrogens with zero attached hydrogens (tertiary/aromatic N) is 2. The Morgan fingerprint density at radius 3 is 2.58 bits per heavy atom. The number of halogens is 1. The molecule has 3 rings (SSSR count). The molecule has 0 aromatic heterocycles. The molecule has 1 atom stereocenters. The first-order valence-electron chi connectivity index (χ1n) is 9.18. The summed E-state index contributed by atoms with van der Waals surface area (Å²) in [6.07, 6.45) is 6.36. The van der Waals surface area contributed by atoms with Gasteiger partial charge in [-0.15, -0.1) is 0 Å². The van der Waals surface area contributed by atoms with Crippen molar-refractivity contribution in [2.24, 2.45) is 0 Å². The minimum Gasteiger partial charge on any atom is -0.351 e. The molecule has 1 aromatic rings. The van der Waals surface area contributed by atoms with Crippen LogP contribution in [0.25, 0.3) is 0 Å². The Balaban J connectivity index is 1.43. The van der Waals surface area contributed by atoms with E-state index in [1.54, 1.807) is 12.1 Å². The molecule has 1 aromatic carbocycles. The molecule has 0 bridgehead atoms. The van der Waals surface area contributed by atoms with Crippen LogP contribution in [-0.4, -0.2) is 54.5 Å². The van der Waals surface area contributed by atoms with E-state index >= 15 is 0 Å². The van der Waals surface area contributed by atoms with Gasteiger partial charge in [0.15, 0.2) is 0 Å². The van der Waals surface area contributed by atoms with E-state index in [0.717, 1.165) is 18.7 Å². The molecular formula is C19H28FN3O. The van der Waals surface area contributed by atoms with Gasteiger partial charge >= 0.3 is 0 Å². The van der Waals surface area contributed by atoms with Crippen LogP contribution in [0.5, 0.6) is 0 Å². The third-order valence-corrected chi connectivity index (χ3v) is 5.17. The molecule has 2 aliphatic heterocycles. The van der Waals surface area contributed by atoms with Crippen molar-refractivity contribution in [2.45, 2.75) is 44.7 Å². The molecule has 2 saturated heterocycles. The lowest BCUT2D eigenvalue weighted by Gasteiger charge is -2.32. The second-order valence-electron chi connectivity index (χ2n) is 7.03. The lowest BCUT2D eigenvalue weighted by atomic mass is 10.1. The highest BCUT2D eigenvalue weighted by atomic mass is 19.1. The fourth-order valence-corrected chi connectivity index (χ4v) is 3.79. The summed E-state index contributed by atoms with van der Waals surface area (Å²) in [7, 11) is 0. The van der Waals surface area contributed by atoms with Crippen molar-refractivity contribution < 1.29 is 9.18 Å². The predicted molar refractivity (Wildman–Crippen MR) is 93.1 cm³/mol. The first-order chi connectivity index (χ1) is 11.7. The molecule has 2 fully saturated rings. The normalized spacial score (nSPS) is 22.6. The summed E-state index contributed by atoms with van der Waals surface area (Å²) in [5.74, 6) is -0.187. The number of hydrogen-bond acceptors (Lipinski definition) is 3. The smallest absolute Gasteiger partial charge is 0.234 e. The van der Waals surface area contributed by atoms with E-state index < -0.39 is 0 Å². The average molecular weight is 333 g/mol. The fourth-order valence-electron chi connectivity index (χ4n) is 3.79. The topological polar surface area (TPSA) is 35.6 Å². The molecule has 0 saturated carbocycles.